The molecule has 0 aromatic heterocycles. The normalized spacial score (nSPS) is 14.1. The van der Waals surface area contributed by atoms with Crippen molar-refractivity contribution in [2.24, 2.45) is 0 Å². The van der Waals surface area contributed by atoms with Gasteiger partial charge in [0.25, 0.3) is 0 Å². The fourth-order valence-electron chi connectivity index (χ4n) is 10.3. The second-order valence-electron chi connectivity index (χ2n) is 24.6. The Morgan fingerprint density at radius 3 is 0.678 bits per heavy atom. The van der Waals surface area contributed by atoms with Gasteiger partial charge in [0, 0.05) is 25.7 Å². The molecule has 0 rings (SSSR count). The second-order valence-corrected chi connectivity index (χ2v) is 27.5. The van der Waals surface area contributed by atoms with E-state index in [1.807, 2.05) is 0 Å². The van der Waals surface area contributed by atoms with Gasteiger partial charge in [0.1, 0.15) is 19.3 Å². The lowest BCUT2D eigenvalue weighted by Crippen LogP contribution is -2.30. The Hall–Kier alpha value is -1.94. The highest BCUT2D eigenvalue weighted by molar-refractivity contribution is 7.47. The zero-order chi connectivity index (χ0) is 64.0. The molecule has 0 aliphatic heterocycles. The number of carbonyl (C=O) groups excluding carboxylic acids is 4. The molecule has 0 heterocycles. The average molecular weight is 1280 g/mol. The molecule has 0 fully saturated rings. The molecule has 0 bridgehead atoms. The van der Waals surface area contributed by atoms with E-state index in [-0.39, 0.29) is 25.7 Å². The predicted molar refractivity (Wildman–Crippen MR) is 349 cm³/mol. The molecule has 0 aliphatic rings. The van der Waals surface area contributed by atoms with Crippen molar-refractivity contribution < 1.29 is 80.2 Å². The molecule has 19 heteroatoms. The van der Waals surface area contributed by atoms with Gasteiger partial charge in [-0.1, -0.05) is 304 Å². The first kappa shape index (κ1) is 85.1. The molecule has 0 aliphatic carbocycles. The van der Waals surface area contributed by atoms with Crippen molar-refractivity contribution in [2.75, 3.05) is 39.6 Å². The van der Waals surface area contributed by atoms with Crippen molar-refractivity contribution in [3.63, 3.8) is 0 Å². The lowest BCUT2D eigenvalue weighted by Gasteiger charge is -2.21. The fourth-order valence-corrected chi connectivity index (χ4v) is 11.9. The smallest absolute Gasteiger partial charge is 0.462 e. The van der Waals surface area contributed by atoms with E-state index in [1.165, 1.54) is 180 Å². The summed E-state index contributed by atoms with van der Waals surface area (Å²) < 4.78 is 68.0. The minimum absolute atomic E-state index is 0.106. The van der Waals surface area contributed by atoms with Gasteiger partial charge in [0.05, 0.1) is 26.4 Å². The van der Waals surface area contributed by atoms with Crippen molar-refractivity contribution in [1.82, 2.24) is 0 Å². The highest BCUT2D eigenvalue weighted by atomic mass is 31.2. The van der Waals surface area contributed by atoms with Gasteiger partial charge >= 0.3 is 39.5 Å². The van der Waals surface area contributed by atoms with Crippen LogP contribution in [0.25, 0.3) is 0 Å². The summed E-state index contributed by atoms with van der Waals surface area (Å²) in [5.41, 5.74) is 0. The minimum atomic E-state index is -4.95. The molecule has 0 saturated heterocycles. The maximum atomic E-state index is 13.0. The summed E-state index contributed by atoms with van der Waals surface area (Å²) in [4.78, 5) is 72.1. The summed E-state index contributed by atoms with van der Waals surface area (Å²) in [6.07, 6.45) is 50.3. The molecule has 5 atom stereocenters. The van der Waals surface area contributed by atoms with Crippen LogP contribution in [0, 0.1) is 0 Å². The Morgan fingerprint density at radius 2 is 0.460 bits per heavy atom. The van der Waals surface area contributed by atoms with Crippen LogP contribution >= 0.6 is 15.6 Å². The number of aliphatic hydroxyl groups excluding tert-OH is 1. The van der Waals surface area contributed by atoms with Crippen molar-refractivity contribution in [3.05, 3.63) is 0 Å². The standard InChI is InChI=1S/C68H132O17P2/c1-5-9-13-17-20-23-26-28-30-32-34-36-39-41-45-49-53-66(71)79-59-64(85-68(73)55-51-47-43-40-37-35-33-31-29-27-24-21-18-14-10-6-2)61-83-87(76,77)81-57-62(69)56-80-86(74,75)82-60-63(58-78-65(70)52-48-44-16-12-8-4)84-67(72)54-50-46-42-38-25-22-19-15-11-7-3/h62-64,69H,5-61H2,1-4H3,(H,74,75)(H,76,77)/t62-,63+,64+/m0/s1. The van der Waals surface area contributed by atoms with Crippen LogP contribution in [0.1, 0.15) is 355 Å². The molecule has 0 saturated carbocycles. The van der Waals surface area contributed by atoms with Crippen molar-refractivity contribution in [3.8, 4) is 0 Å². The number of hydrogen-bond acceptors (Lipinski definition) is 15. The van der Waals surface area contributed by atoms with Crippen LogP contribution in [0.5, 0.6) is 0 Å². The lowest BCUT2D eigenvalue weighted by atomic mass is 10.0. The molecular weight excluding hydrogens is 1150 g/mol. The van der Waals surface area contributed by atoms with Gasteiger partial charge in [-0.2, -0.15) is 0 Å². The number of esters is 4. The second kappa shape index (κ2) is 62.8. The quantitative estimate of drug-likeness (QED) is 0.0222. The SMILES string of the molecule is CCCCCCCCCCCCCCCCCCC(=O)OC[C@H](COP(=O)(O)OC[C@@H](O)COP(=O)(O)OC[C@@H](COC(=O)CCCCCCC)OC(=O)CCCCCCCCCCCC)OC(=O)CCCCCCCCCCCCCCCCCC. The van der Waals surface area contributed by atoms with Crippen LogP contribution in [0.15, 0.2) is 0 Å². The van der Waals surface area contributed by atoms with Gasteiger partial charge < -0.3 is 33.8 Å². The molecule has 0 spiro atoms. The van der Waals surface area contributed by atoms with E-state index in [1.54, 1.807) is 0 Å². The van der Waals surface area contributed by atoms with Gasteiger partial charge in [0.2, 0.25) is 0 Å². The van der Waals surface area contributed by atoms with Crippen LogP contribution < -0.4 is 0 Å². The number of unbranched alkanes of at least 4 members (excludes halogenated alkanes) is 43. The van der Waals surface area contributed by atoms with Gasteiger partial charge in [-0.25, -0.2) is 9.13 Å². The van der Waals surface area contributed by atoms with Crippen molar-refractivity contribution in [2.45, 2.75) is 373 Å². The van der Waals surface area contributed by atoms with Crippen LogP contribution in [-0.2, 0) is 65.4 Å². The monoisotopic (exact) mass is 1280 g/mol. The Bertz CT molecular complexity index is 1670. The zero-order valence-electron chi connectivity index (χ0n) is 56.0. The molecule has 0 amide bonds. The average Bonchev–Trinajstić information content (AvgIpc) is 3.69. The maximum absolute atomic E-state index is 13.0. The molecule has 516 valence electrons. The third kappa shape index (κ3) is 62.6. The Balaban J connectivity index is 5.15. The zero-order valence-corrected chi connectivity index (χ0v) is 57.8. The van der Waals surface area contributed by atoms with Gasteiger partial charge in [-0.3, -0.25) is 37.3 Å². The number of hydrogen-bond donors (Lipinski definition) is 3. The van der Waals surface area contributed by atoms with Gasteiger partial charge in [-0.05, 0) is 25.7 Å². The molecule has 3 N–H and O–H groups in total. The molecule has 17 nitrogen and oxygen atoms in total. The third-order valence-electron chi connectivity index (χ3n) is 15.9. The summed E-state index contributed by atoms with van der Waals surface area (Å²) in [6, 6.07) is 0. The van der Waals surface area contributed by atoms with Crippen LogP contribution in [0.2, 0.25) is 0 Å². The molecule has 0 radical (unpaired) electrons. The largest absolute Gasteiger partial charge is 0.472 e. The van der Waals surface area contributed by atoms with Gasteiger partial charge in [-0.15, -0.1) is 0 Å². The summed E-state index contributed by atoms with van der Waals surface area (Å²) in [7, 11) is -9.88. The van der Waals surface area contributed by atoms with E-state index in [4.69, 9.17) is 37.0 Å². The van der Waals surface area contributed by atoms with E-state index in [2.05, 4.69) is 27.7 Å². The van der Waals surface area contributed by atoms with E-state index in [0.717, 1.165) is 96.3 Å². The number of ether oxygens (including phenoxy) is 4. The van der Waals surface area contributed by atoms with Crippen molar-refractivity contribution >= 4 is 39.5 Å². The Kier molecular flexibility index (Phi) is 61.4. The van der Waals surface area contributed by atoms with E-state index < -0.39 is 97.5 Å². The molecule has 0 aromatic carbocycles. The fraction of sp³-hybridized carbons (Fsp3) is 0.941. The number of carbonyl (C=O) groups is 4. The first-order valence-corrected chi connectivity index (χ1v) is 38.8. The number of rotatable bonds is 69. The molecule has 87 heavy (non-hydrogen) atoms. The topological polar surface area (TPSA) is 237 Å². The summed E-state index contributed by atoms with van der Waals surface area (Å²) in [5.74, 6) is -2.13. The van der Waals surface area contributed by atoms with Crippen molar-refractivity contribution in [1.29, 1.82) is 0 Å². The van der Waals surface area contributed by atoms with Gasteiger partial charge in [0.15, 0.2) is 12.2 Å². The lowest BCUT2D eigenvalue weighted by molar-refractivity contribution is -0.161. The number of aliphatic hydroxyl groups is 1. The summed E-state index contributed by atoms with van der Waals surface area (Å²) in [6.45, 7) is 4.84. The predicted octanol–water partition coefficient (Wildman–Crippen LogP) is 19.5. The number of phosphoric acid groups is 2. The molecule has 0 aromatic rings. The van der Waals surface area contributed by atoms with E-state index in [0.29, 0.717) is 25.7 Å². The molecular formula is C68H132O17P2. The first-order chi connectivity index (χ1) is 42.2. The Morgan fingerprint density at radius 1 is 0.276 bits per heavy atom. The highest BCUT2D eigenvalue weighted by Crippen LogP contribution is 2.45. The van der Waals surface area contributed by atoms with Crippen LogP contribution in [0.4, 0.5) is 0 Å². The number of phosphoric ester groups is 2. The Labute approximate surface area is 530 Å². The first-order valence-electron chi connectivity index (χ1n) is 35.8. The summed E-state index contributed by atoms with van der Waals surface area (Å²) >= 11 is 0. The van der Waals surface area contributed by atoms with E-state index >= 15 is 0 Å². The molecule has 2 unspecified atom stereocenters. The summed E-state index contributed by atoms with van der Waals surface area (Å²) in [5, 5.41) is 10.5. The minimum Gasteiger partial charge on any atom is -0.462 e. The van der Waals surface area contributed by atoms with Crippen LogP contribution in [-0.4, -0.2) is 96.7 Å². The third-order valence-corrected chi connectivity index (χ3v) is 17.8. The highest BCUT2D eigenvalue weighted by Gasteiger charge is 2.30. The van der Waals surface area contributed by atoms with Crippen LogP contribution in [0.3, 0.4) is 0 Å². The maximum Gasteiger partial charge on any atom is 0.472 e. The van der Waals surface area contributed by atoms with E-state index in [9.17, 15) is 43.2 Å².